The lowest BCUT2D eigenvalue weighted by Gasteiger charge is -2.47. The number of hydrogen-bond donors (Lipinski definition) is 0. The first kappa shape index (κ1) is 50.4. The SMILES string of the molecule is [2H]c1c([2H])c([2H])c(-c2c([2H])c([2H])c3c(c2[2H])c2c([2H])c([2H])c([2H])c([2H])c2n3-c2ccc3c(c2)N2c4cc(C(C)(C)C)cc5c4B3c3ccc(-n4c6c([2H])c([2H])c([2H])c([2H])c6c6c([2H])c(-c7c([2H])c([2H])c([2H])c([2H])c7[2H])c([2H])c([2H])c64)cc3N5c3c(-c4ccccc4)cc(C(C)(C)C)cc3-c3cccc(c3)-c3ccc4oc5ccc(cc5c4c3)-c3cccc(c3)-c3cc(C(C)(C)C)cc(-c4ccccc4)c32)c([2H])c1[2H]. The van der Waals surface area contributed by atoms with Gasteiger partial charge >= 0.3 is 0 Å². The predicted octanol–water partition coefficient (Wildman–Crippen LogP) is 29.4. The topological polar surface area (TPSA) is 29.5 Å². The molecule has 3 aromatic heterocycles. The summed E-state index contributed by atoms with van der Waals surface area (Å²) in [7, 11) is 0. The van der Waals surface area contributed by atoms with E-state index in [1.807, 2.05) is 72.8 Å². The van der Waals surface area contributed by atoms with Gasteiger partial charge in [-0.1, -0.05) is 292 Å². The molecule has 0 amide bonds. The van der Waals surface area contributed by atoms with E-state index < -0.39 is 190 Å². The van der Waals surface area contributed by atoms with Gasteiger partial charge in [0.15, 0.2) is 0 Å². The smallest absolute Gasteiger partial charge is 0.252 e. The van der Waals surface area contributed by atoms with E-state index in [4.69, 9.17) is 12.6 Å². The van der Waals surface area contributed by atoms with Crippen LogP contribution in [0.2, 0.25) is 0 Å². The summed E-state index contributed by atoms with van der Waals surface area (Å²) in [4.78, 5) is 4.58. The van der Waals surface area contributed by atoms with E-state index >= 15 is 0 Å². The quantitative estimate of drug-likeness (QED) is 0.155. The summed E-state index contributed by atoms with van der Waals surface area (Å²) < 4.78 is 241. The molecule has 3 aliphatic heterocycles. The van der Waals surface area contributed by atoms with Crippen LogP contribution in [0.15, 0.2) is 368 Å². The minimum Gasteiger partial charge on any atom is -0.456 e. The van der Waals surface area contributed by atoms with Gasteiger partial charge in [-0.05, 0) is 249 Å². The molecular formula is C114H87BN4O. The van der Waals surface area contributed by atoms with Crippen LogP contribution in [0.1, 0.15) is 112 Å². The van der Waals surface area contributed by atoms with Crippen LogP contribution in [0.3, 0.4) is 0 Å². The molecule has 6 heteroatoms. The van der Waals surface area contributed by atoms with Crippen LogP contribution >= 0.6 is 0 Å². The highest BCUT2D eigenvalue weighted by Gasteiger charge is 2.47. The van der Waals surface area contributed by atoms with Crippen molar-refractivity contribution in [1.29, 1.82) is 0 Å². The Morgan fingerprint density at radius 1 is 0.267 bits per heavy atom. The van der Waals surface area contributed by atoms with Crippen LogP contribution < -0.4 is 26.2 Å². The highest BCUT2D eigenvalue weighted by molar-refractivity contribution is 7.00. The maximum Gasteiger partial charge on any atom is 0.252 e. The van der Waals surface area contributed by atoms with Gasteiger partial charge in [-0.15, -0.1) is 0 Å². The maximum atomic E-state index is 10.5. The zero-order chi connectivity index (χ0) is 102. The molecule has 6 heterocycles. The zero-order valence-corrected chi connectivity index (χ0v) is 67.1. The van der Waals surface area contributed by atoms with Gasteiger partial charge in [0.25, 0.3) is 6.71 Å². The number of benzene rings is 17. The van der Waals surface area contributed by atoms with Crippen LogP contribution in [0.4, 0.5) is 34.1 Å². The van der Waals surface area contributed by atoms with Crippen molar-refractivity contribution in [3.8, 4) is 100 Å². The Morgan fingerprint density at radius 2 is 0.633 bits per heavy atom. The van der Waals surface area contributed by atoms with Gasteiger partial charge in [0.2, 0.25) is 0 Å². The molecule has 17 aromatic carbocycles. The molecule has 0 radical (unpaired) electrons. The predicted molar refractivity (Wildman–Crippen MR) is 510 cm³/mol. The van der Waals surface area contributed by atoms with E-state index in [-0.39, 0.29) is 55.0 Å². The lowest BCUT2D eigenvalue weighted by molar-refractivity contribution is 0.590. The Hall–Kier alpha value is -14.2. The van der Waals surface area contributed by atoms with Crippen molar-refractivity contribution in [2.75, 3.05) is 9.80 Å². The Bertz CT molecular complexity index is 8660. The summed E-state index contributed by atoms with van der Waals surface area (Å²) in [5, 5.41) is 0.702. The molecule has 0 fully saturated rings. The van der Waals surface area contributed by atoms with Crippen LogP contribution in [-0.2, 0) is 16.2 Å². The van der Waals surface area contributed by atoms with Crippen LogP contribution in [0.25, 0.3) is 166 Å². The molecule has 572 valence electrons. The van der Waals surface area contributed by atoms with Crippen molar-refractivity contribution in [1.82, 2.24) is 9.13 Å². The molecule has 0 unspecified atom stereocenters. The Morgan fingerprint density at radius 3 is 1.06 bits per heavy atom. The molecule has 120 heavy (non-hydrogen) atoms. The van der Waals surface area contributed by atoms with Crippen molar-refractivity contribution in [3.05, 3.63) is 380 Å². The highest BCUT2D eigenvalue weighted by Crippen LogP contribution is 2.57. The Kier molecular flexibility index (Phi) is 11.2. The van der Waals surface area contributed by atoms with Gasteiger partial charge in [0.05, 0.1) is 66.3 Å². The fraction of sp³-hybridized carbons (Fsp3) is 0.105. The molecule has 0 saturated heterocycles. The lowest BCUT2D eigenvalue weighted by Crippen LogP contribution is -2.61. The van der Waals surface area contributed by atoms with Crippen molar-refractivity contribution in [3.63, 3.8) is 0 Å². The molecule has 20 aromatic rings. The number of rotatable bonds is 6. The summed E-state index contributed by atoms with van der Waals surface area (Å²) in [6.45, 7) is 18.5. The fourth-order valence-electron chi connectivity index (χ4n) is 18.3. The van der Waals surface area contributed by atoms with Gasteiger partial charge in [-0.3, -0.25) is 0 Å². The van der Waals surface area contributed by atoms with Crippen molar-refractivity contribution < 1.29 is 37.3 Å². The van der Waals surface area contributed by atoms with Crippen LogP contribution in [0.5, 0.6) is 0 Å². The third kappa shape index (κ3) is 11.3. The monoisotopic (exact) mass is 1560 g/mol. The van der Waals surface area contributed by atoms with E-state index in [1.54, 1.807) is 12.1 Å². The average molecular weight is 1560 g/mol. The molecule has 0 spiro atoms. The van der Waals surface area contributed by atoms with Crippen LogP contribution in [0, 0.1) is 0 Å². The Labute approximate surface area is 734 Å². The molecular weight excluding hydrogens is 1450 g/mol. The van der Waals surface area contributed by atoms with Crippen molar-refractivity contribution in [2.24, 2.45) is 0 Å². The van der Waals surface area contributed by atoms with Gasteiger partial charge < -0.3 is 23.4 Å². The number of hydrogen-bond acceptors (Lipinski definition) is 3. The Balaban J connectivity index is 0.942. The summed E-state index contributed by atoms with van der Waals surface area (Å²) in [5.74, 6) is 0. The van der Waals surface area contributed by atoms with E-state index in [2.05, 4.69) is 206 Å². The number of furan rings is 1. The molecule has 0 aliphatic carbocycles. The van der Waals surface area contributed by atoms with Gasteiger partial charge in [0.1, 0.15) is 11.2 Å². The first-order valence-electron chi connectivity index (χ1n) is 52.3. The first-order valence-corrected chi connectivity index (χ1v) is 40.3. The number of aromatic nitrogens is 2. The maximum absolute atomic E-state index is 10.5. The van der Waals surface area contributed by atoms with Gasteiger partial charge in [-0.25, -0.2) is 0 Å². The fourth-order valence-corrected chi connectivity index (χ4v) is 18.3. The average Bonchev–Trinajstić information content (AvgIpc) is 1.20. The number of anilines is 6. The molecule has 23 rings (SSSR count). The second kappa shape index (κ2) is 26.7. The summed E-state index contributed by atoms with van der Waals surface area (Å²) in [6.07, 6.45) is 0. The van der Waals surface area contributed by atoms with E-state index in [9.17, 15) is 24.7 Å². The van der Waals surface area contributed by atoms with Crippen molar-refractivity contribution >= 4 is 123 Å². The van der Waals surface area contributed by atoms with E-state index in [1.165, 1.54) is 9.13 Å². The number of nitrogens with zero attached hydrogens (tertiary/aromatic N) is 4. The molecule has 0 N–H and O–H groups in total. The minimum atomic E-state index is -0.951. The molecule has 3 aliphatic rings. The number of fused-ring (bicyclic) bond motifs is 26. The summed E-state index contributed by atoms with van der Waals surface area (Å²) in [6, 6.07) is 57.5. The molecule has 13 bridgehead atoms. The normalized spacial score (nSPS) is 15.8. The van der Waals surface area contributed by atoms with Gasteiger partial charge in [-0.2, -0.15) is 0 Å². The lowest BCUT2D eigenvalue weighted by atomic mass is 9.33. The van der Waals surface area contributed by atoms with Crippen LogP contribution in [-0.4, -0.2) is 15.8 Å². The third-order valence-electron chi connectivity index (χ3n) is 24.3. The van der Waals surface area contributed by atoms with E-state index in [0.29, 0.717) is 56.2 Å². The third-order valence-corrected chi connectivity index (χ3v) is 24.3. The highest BCUT2D eigenvalue weighted by atomic mass is 16.3. The van der Waals surface area contributed by atoms with E-state index in [0.717, 1.165) is 99.7 Å². The number of para-hydroxylation sites is 2. The minimum absolute atomic E-state index is 0.162. The molecule has 0 atom stereocenters. The molecule has 0 saturated carbocycles. The summed E-state index contributed by atoms with van der Waals surface area (Å²) in [5.41, 5.74) is 14.6. The summed E-state index contributed by atoms with van der Waals surface area (Å²) >= 11 is 0. The van der Waals surface area contributed by atoms with Gasteiger partial charge in [0, 0.05) is 88.7 Å². The second-order valence-electron chi connectivity index (χ2n) is 34.6. The van der Waals surface area contributed by atoms with Crippen molar-refractivity contribution in [2.45, 2.75) is 78.6 Å². The largest absolute Gasteiger partial charge is 0.456 e. The first-order chi connectivity index (χ1) is 68.4. The second-order valence-corrected chi connectivity index (χ2v) is 34.6. The molecule has 5 nitrogen and oxygen atoms in total. The standard InChI is InChI=1S/C114H87BN4O/c1-112(2,3)82-62-89(72-32-18-12-19-33-72)110-91(64-82)80-38-26-36-74(56-80)78-46-54-107-95(60-78)96-61-79(47-55-108(96)120-107)75-37-27-39-81(57-75)92-65-83(113(4,5)6)63-90(73-34-20-13-21-35-73)111(92)119-104-69-86(117-100-43-25-23-41-88(100)94-59-77(45-53-102(94)117)71-30-16-11-17-31-71)49-51-98(104)115-97-50-48-85(68-103(97)118(110)105-66-84(114(7,8)9)67-106(119)109(105)115)116-99-42-24-22-40-87(99)93-58-76(44-52-101(93)116)70-28-14-10-15-29-70/h10-69H,1-9H3/i10D,11D,14D,15D,16D,17D,22D,23D,24D,25D,28D,29D,30D,31D,40D,41D,42D,43D,44D,45D,52D,53D,58D,59D. The zero-order valence-electron chi connectivity index (χ0n) is 91.1.